The summed E-state index contributed by atoms with van der Waals surface area (Å²) in [5, 5.41) is 6.87. The van der Waals surface area contributed by atoms with Crippen molar-refractivity contribution in [3.05, 3.63) is 12.2 Å². The highest BCUT2D eigenvalue weighted by atomic mass is 15.2. The lowest BCUT2D eigenvalue weighted by Crippen LogP contribution is -2.45. The summed E-state index contributed by atoms with van der Waals surface area (Å²) in [5.74, 6) is 0. The Morgan fingerprint density at radius 2 is 2.07 bits per heavy atom. The van der Waals surface area contributed by atoms with Gasteiger partial charge in [-0.2, -0.15) is 0 Å². The molecule has 0 saturated carbocycles. The third-order valence-electron chi connectivity index (χ3n) is 3.19. The summed E-state index contributed by atoms with van der Waals surface area (Å²) in [6.45, 7) is 11.1. The second kappa shape index (κ2) is 4.91. The van der Waals surface area contributed by atoms with E-state index >= 15 is 0 Å². The van der Waals surface area contributed by atoms with Gasteiger partial charge >= 0.3 is 0 Å². The van der Waals surface area contributed by atoms with Crippen molar-refractivity contribution in [3.63, 3.8) is 0 Å². The van der Waals surface area contributed by atoms with Crippen LogP contribution in [-0.2, 0) is 0 Å². The fourth-order valence-electron chi connectivity index (χ4n) is 2.30. The minimum atomic E-state index is 0.588. The molecule has 0 bridgehead atoms. The Labute approximate surface area is 86.5 Å². The van der Waals surface area contributed by atoms with Gasteiger partial charge in [0.25, 0.3) is 0 Å². The molecule has 80 valence electrons. The molecular formula is C11H21N3. The summed E-state index contributed by atoms with van der Waals surface area (Å²) >= 11 is 0. The predicted molar refractivity (Wildman–Crippen MR) is 59.5 cm³/mol. The minimum absolute atomic E-state index is 0.588. The topological polar surface area (TPSA) is 27.3 Å². The maximum absolute atomic E-state index is 4.21. The second-order valence-electron chi connectivity index (χ2n) is 4.33. The highest BCUT2D eigenvalue weighted by Crippen LogP contribution is 2.13. The van der Waals surface area contributed by atoms with Crippen LogP contribution >= 0.6 is 0 Å². The van der Waals surface area contributed by atoms with Crippen molar-refractivity contribution >= 4 is 0 Å². The molecule has 1 atom stereocenters. The SMILES string of the molecule is C=C(CN1CCNCC1)C1CCCN1. The van der Waals surface area contributed by atoms with Crippen LogP contribution in [0.4, 0.5) is 0 Å². The van der Waals surface area contributed by atoms with Crippen LogP contribution in [0, 0.1) is 0 Å². The summed E-state index contributed by atoms with van der Waals surface area (Å²) in [6, 6.07) is 0.588. The average molecular weight is 195 g/mol. The van der Waals surface area contributed by atoms with Gasteiger partial charge in [0.2, 0.25) is 0 Å². The van der Waals surface area contributed by atoms with E-state index in [0.29, 0.717) is 6.04 Å². The number of nitrogens with zero attached hydrogens (tertiary/aromatic N) is 1. The van der Waals surface area contributed by atoms with E-state index < -0.39 is 0 Å². The van der Waals surface area contributed by atoms with Crippen molar-refractivity contribution in [1.29, 1.82) is 0 Å². The average Bonchev–Trinajstić information content (AvgIpc) is 2.72. The van der Waals surface area contributed by atoms with Crippen molar-refractivity contribution in [2.45, 2.75) is 18.9 Å². The molecule has 0 radical (unpaired) electrons. The van der Waals surface area contributed by atoms with Crippen LogP contribution in [0.2, 0.25) is 0 Å². The number of nitrogens with one attached hydrogen (secondary N) is 2. The molecule has 0 amide bonds. The molecule has 3 nitrogen and oxygen atoms in total. The van der Waals surface area contributed by atoms with Crippen LogP contribution in [-0.4, -0.2) is 50.2 Å². The van der Waals surface area contributed by atoms with E-state index in [1.807, 2.05) is 0 Å². The molecule has 2 aliphatic heterocycles. The number of hydrogen-bond acceptors (Lipinski definition) is 3. The molecular weight excluding hydrogens is 174 g/mol. The quantitative estimate of drug-likeness (QED) is 0.630. The Bertz CT molecular complexity index is 191. The lowest BCUT2D eigenvalue weighted by atomic mass is 10.1. The van der Waals surface area contributed by atoms with E-state index in [0.717, 1.165) is 19.6 Å². The van der Waals surface area contributed by atoms with Gasteiger partial charge in [-0.3, -0.25) is 4.90 Å². The molecule has 14 heavy (non-hydrogen) atoms. The van der Waals surface area contributed by atoms with Gasteiger partial charge in [0.1, 0.15) is 0 Å². The first kappa shape index (κ1) is 10.1. The molecule has 1 unspecified atom stereocenters. The van der Waals surface area contributed by atoms with Gasteiger partial charge < -0.3 is 10.6 Å². The number of hydrogen-bond donors (Lipinski definition) is 2. The molecule has 2 aliphatic rings. The predicted octanol–water partition coefficient (Wildman–Crippen LogP) is 0.200. The summed E-state index contributed by atoms with van der Waals surface area (Å²) in [5.41, 5.74) is 1.38. The summed E-state index contributed by atoms with van der Waals surface area (Å²) < 4.78 is 0. The van der Waals surface area contributed by atoms with Crippen LogP contribution in [0.15, 0.2) is 12.2 Å². The lowest BCUT2D eigenvalue weighted by Gasteiger charge is -2.29. The standard InChI is InChI=1S/C11H21N3/c1-10(11-3-2-4-13-11)9-14-7-5-12-6-8-14/h11-13H,1-9H2. The fourth-order valence-corrected chi connectivity index (χ4v) is 2.30. The Hall–Kier alpha value is -0.380. The third-order valence-corrected chi connectivity index (χ3v) is 3.19. The third kappa shape index (κ3) is 2.56. The largest absolute Gasteiger partial charge is 0.314 e. The van der Waals surface area contributed by atoms with Crippen molar-refractivity contribution in [2.75, 3.05) is 39.3 Å². The summed E-state index contributed by atoms with van der Waals surface area (Å²) in [4.78, 5) is 2.50. The molecule has 2 saturated heterocycles. The van der Waals surface area contributed by atoms with Crippen LogP contribution < -0.4 is 10.6 Å². The smallest absolute Gasteiger partial charge is 0.0289 e. The highest BCUT2D eigenvalue weighted by molar-refractivity contribution is 5.10. The molecule has 0 aromatic rings. The Morgan fingerprint density at radius 1 is 1.29 bits per heavy atom. The summed E-state index contributed by atoms with van der Waals surface area (Å²) in [7, 11) is 0. The first-order valence-corrected chi connectivity index (χ1v) is 5.70. The van der Waals surface area contributed by atoms with Gasteiger partial charge in [0, 0.05) is 38.8 Å². The van der Waals surface area contributed by atoms with Gasteiger partial charge in [0.15, 0.2) is 0 Å². The van der Waals surface area contributed by atoms with E-state index in [9.17, 15) is 0 Å². The van der Waals surface area contributed by atoms with Gasteiger partial charge in [-0.15, -0.1) is 0 Å². The maximum atomic E-state index is 4.21. The molecule has 2 fully saturated rings. The Kier molecular flexibility index (Phi) is 3.56. The molecule has 0 aliphatic carbocycles. The molecule has 0 aromatic heterocycles. The number of piperazine rings is 1. The lowest BCUT2D eigenvalue weighted by molar-refractivity contribution is 0.255. The first-order chi connectivity index (χ1) is 6.86. The Morgan fingerprint density at radius 3 is 2.71 bits per heavy atom. The van der Waals surface area contributed by atoms with Crippen molar-refractivity contribution in [1.82, 2.24) is 15.5 Å². The number of rotatable bonds is 3. The van der Waals surface area contributed by atoms with Crippen molar-refractivity contribution in [3.8, 4) is 0 Å². The molecule has 2 heterocycles. The normalized spacial score (nSPS) is 29.3. The molecule has 3 heteroatoms. The zero-order chi connectivity index (χ0) is 9.80. The maximum Gasteiger partial charge on any atom is 0.0289 e. The van der Waals surface area contributed by atoms with Crippen LogP contribution in [0.5, 0.6) is 0 Å². The molecule has 0 aromatic carbocycles. The summed E-state index contributed by atoms with van der Waals surface area (Å²) in [6.07, 6.45) is 2.59. The van der Waals surface area contributed by atoms with Gasteiger partial charge in [0.05, 0.1) is 0 Å². The highest BCUT2D eigenvalue weighted by Gasteiger charge is 2.19. The van der Waals surface area contributed by atoms with Crippen molar-refractivity contribution in [2.24, 2.45) is 0 Å². The second-order valence-corrected chi connectivity index (χ2v) is 4.33. The van der Waals surface area contributed by atoms with Gasteiger partial charge in [-0.05, 0) is 25.0 Å². The zero-order valence-electron chi connectivity index (χ0n) is 8.89. The fraction of sp³-hybridized carbons (Fsp3) is 0.818. The van der Waals surface area contributed by atoms with E-state index in [4.69, 9.17) is 0 Å². The van der Waals surface area contributed by atoms with E-state index in [1.54, 1.807) is 0 Å². The Balaban J connectivity index is 1.75. The van der Waals surface area contributed by atoms with E-state index in [2.05, 4.69) is 22.1 Å². The minimum Gasteiger partial charge on any atom is -0.314 e. The van der Waals surface area contributed by atoms with Crippen molar-refractivity contribution < 1.29 is 0 Å². The van der Waals surface area contributed by atoms with E-state index in [1.165, 1.54) is 38.0 Å². The molecule has 0 spiro atoms. The zero-order valence-corrected chi connectivity index (χ0v) is 8.89. The monoisotopic (exact) mass is 195 g/mol. The van der Waals surface area contributed by atoms with Gasteiger partial charge in [-0.25, -0.2) is 0 Å². The van der Waals surface area contributed by atoms with E-state index in [-0.39, 0.29) is 0 Å². The van der Waals surface area contributed by atoms with Crippen LogP contribution in [0.3, 0.4) is 0 Å². The first-order valence-electron chi connectivity index (χ1n) is 5.70. The van der Waals surface area contributed by atoms with Crippen LogP contribution in [0.1, 0.15) is 12.8 Å². The van der Waals surface area contributed by atoms with Crippen LogP contribution in [0.25, 0.3) is 0 Å². The van der Waals surface area contributed by atoms with Gasteiger partial charge in [-0.1, -0.05) is 6.58 Å². The molecule has 2 N–H and O–H groups in total. The molecule has 2 rings (SSSR count).